The second-order valence-electron chi connectivity index (χ2n) is 5.08. The summed E-state index contributed by atoms with van der Waals surface area (Å²) in [7, 11) is 1.79. The third kappa shape index (κ3) is 4.60. The van der Waals surface area contributed by atoms with E-state index in [-0.39, 0.29) is 0 Å². The maximum absolute atomic E-state index is 12.7. The Balaban J connectivity index is 2.11. The van der Waals surface area contributed by atoms with Gasteiger partial charge in [-0.15, -0.1) is 0 Å². The lowest BCUT2D eigenvalue weighted by Crippen LogP contribution is -2.26. The van der Waals surface area contributed by atoms with Crippen molar-refractivity contribution in [1.29, 1.82) is 0 Å². The molecule has 0 aliphatic heterocycles. The highest BCUT2D eigenvalue weighted by Crippen LogP contribution is 2.29. The Bertz CT molecular complexity index is 576. The Hall–Kier alpha value is -1.82. The Morgan fingerprint density at radius 1 is 1.24 bits per heavy atom. The summed E-state index contributed by atoms with van der Waals surface area (Å²) in [5, 5.41) is 7.18. The van der Waals surface area contributed by atoms with Crippen LogP contribution < -0.4 is 5.32 Å². The highest BCUT2D eigenvalue weighted by Gasteiger charge is 2.32. The number of benzene rings is 1. The molecule has 3 nitrogen and oxygen atoms in total. The van der Waals surface area contributed by atoms with Crippen molar-refractivity contribution in [3.05, 3.63) is 53.3 Å². The molecule has 0 saturated carbocycles. The normalized spacial score (nSPS) is 13.4. The van der Waals surface area contributed by atoms with Crippen LogP contribution in [0.25, 0.3) is 0 Å². The minimum atomic E-state index is -4.21. The average Bonchev–Trinajstić information content (AvgIpc) is 2.73. The van der Waals surface area contributed by atoms with E-state index in [1.807, 2.05) is 13.1 Å². The Morgan fingerprint density at radius 2 is 1.90 bits per heavy atom. The van der Waals surface area contributed by atoms with Gasteiger partial charge in [0.2, 0.25) is 0 Å². The van der Waals surface area contributed by atoms with Crippen LogP contribution in [-0.4, -0.2) is 16.0 Å². The van der Waals surface area contributed by atoms with Crippen LogP contribution in [0.4, 0.5) is 13.2 Å². The number of nitrogens with one attached hydrogen (secondary N) is 1. The molecule has 0 amide bonds. The molecule has 1 N–H and O–H groups in total. The van der Waals surface area contributed by atoms with E-state index in [4.69, 9.17) is 0 Å². The molecule has 0 fully saturated rings. The summed E-state index contributed by atoms with van der Waals surface area (Å²) in [6.45, 7) is 2.20. The number of nitrogens with zero attached hydrogens (tertiary/aromatic N) is 2. The van der Waals surface area contributed by atoms with Gasteiger partial charge in [-0.2, -0.15) is 18.3 Å². The highest BCUT2D eigenvalue weighted by atomic mass is 19.4. The number of rotatable bonds is 5. The maximum Gasteiger partial charge on any atom is 0.390 e. The van der Waals surface area contributed by atoms with Gasteiger partial charge in [0.15, 0.2) is 0 Å². The number of halogens is 3. The fourth-order valence-corrected chi connectivity index (χ4v) is 2.28. The summed E-state index contributed by atoms with van der Waals surface area (Å²) in [5.41, 5.74) is 2.36. The molecular weight excluding hydrogens is 279 g/mol. The first-order chi connectivity index (χ1) is 9.85. The minimum absolute atomic E-state index is 0.356. The number of aryl methyl sites for hydroxylation is 2. The summed E-state index contributed by atoms with van der Waals surface area (Å²) in [5.74, 6) is 0. The van der Waals surface area contributed by atoms with Crippen LogP contribution in [0.1, 0.15) is 29.3 Å². The van der Waals surface area contributed by atoms with Crippen molar-refractivity contribution >= 4 is 0 Å². The first-order valence-corrected chi connectivity index (χ1v) is 6.69. The molecule has 2 aromatic rings. The van der Waals surface area contributed by atoms with E-state index in [1.165, 1.54) is 0 Å². The van der Waals surface area contributed by atoms with Gasteiger partial charge in [0.25, 0.3) is 0 Å². The smallest absolute Gasteiger partial charge is 0.305 e. The van der Waals surface area contributed by atoms with Gasteiger partial charge in [0, 0.05) is 31.4 Å². The third-order valence-electron chi connectivity index (χ3n) is 3.29. The van der Waals surface area contributed by atoms with E-state index in [1.54, 1.807) is 42.1 Å². The van der Waals surface area contributed by atoms with Crippen molar-refractivity contribution in [2.75, 3.05) is 0 Å². The number of hydrogen-bond acceptors (Lipinski definition) is 2. The van der Waals surface area contributed by atoms with Gasteiger partial charge in [-0.25, -0.2) is 0 Å². The summed E-state index contributed by atoms with van der Waals surface area (Å²) in [6, 6.07) is 7.94. The zero-order chi connectivity index (χ0) is 15.5. The molecule has 0 spiro atoms. The van der Waals surface area contributed by atoms with Crippen molar-refractivity contribution in [3.63, 3.8) is 0 Å². The van der Waals surface area contributed by atoms with E-state index < -0.39 is 18.6 Å². The first-order valence-electron chi connectivity index (χ1n) is 6.69. The standard InChI is InChI=1S/C15H18F3N3/c1-11-13(10-21(2)20-11)9-19-14(8-15(16,17)18)12-6-4-3-5-7-12/h3-7,10,14,19H,8-9H2,1-2H3. The Morgan fingerprint density at radius 3 is 2.43 bits per heavy atom. The van der Waals surface area contributed by atoms with Gasteiger partial charge in [-0.3, -0.25) is 4.68 Å². The topological polar surface area (TPSA) is 29.9 Å². The van der Waals surface area contributed by atoms with Crippen molar-refractivity contribution < 1.29 is 13.2 Å². The molecule has 0 saturated heterocycles. The molecular formula is C15H18F3N3. The van der Waals surface area contributed by atoms with Gasteiger partial charge in [-0.05, 0) is 12.5 Å². The van der Waals surface area contributed by atoms with Crippen molar-refractivity contribution in [2.24, 2.45) is 7.05 Å². The van der Waals surface area contributed by atoms with Crippen LogP contribution in [0, 0.1) is 6.92 Å². The van der Waals surface area contributed by atoms with E-state index in [9.17, 15) is 13.2 Å². The number of aromatic nitrogens is 2. The monoisotopic (exact) mass is 297 g/mol. The fraction of sp³-hybridized carbons (Fsp3) is 0.400. The maximum atomic E-state index is 12.7. The van der Waals surface area contributed by atoms with Crippen molar-refractivity contribution in [2.45, 2.75) is 32.1 Å². The van der Waals surface area contributed by atoms with Gasteiger partial charge in [-0.1, -0.05) is 30.3 Å². The SMILES string of the molecule is Cc1nn(C)cc1CNC(CC(F)(F)F)c1ccccc1. The van der Waals surface area contributed by atoms with Crippen molar-refractivity contribution in [1.82, 2.24) is 15.1 Å². The lowest BCUT2D eigenvalue weighted by atomic mass is 10.0. The van der Waals surface area contributed by atoms with Crippen LogP contribution in [0.15, 0.2) is 36.5 Å². The molecule has 0 radical (unpaired) electrons. The lowest BCUT2D eigenvalue weighted by Gasteiger charge is -2.20. The van der Waals surface area contributed by atoms with Crippen molar-refractivity contribution in [3.8, 4) is 0 Å². The molecule has 1 aromatic carbocycles. The Kier molecular flexibility index (Phi) is 4.67. The van der Waals surface area contributed by atoms with Crippen LogP contribution in [0.3, 0.4) is 0 Å². The quantitative estimate of drug-likeness (QED) is 0.915. The molecule has 1 aromatic heterocycles. The Labute approximate surface area is 121 Å². The molecule has 2 rings (SSSR count). The molecule has 6 heteroatoms. The fourth-order valence-electron chi connectivity index (χ4n) is 2.28. The van der Waals surface area contributed by atoms with Crippen LogP contribution in [0.2, 0.25) is 0 Å². The highest BCUT2D eigenvalue weighted by molar-refractivity contribution is 5.20. The summed E-state index contributed by atoms with van der Waals surface area (Å²) < 4.78 is 39.9. The molecule has 1 atom stereocenters. The number of alkyl halides is 3. The molecule has 0 bridgehead atoms. The first kappa shape index (κ1) is 15.6. The zero-order valence-corrected chi connectivity index (χ0v) is 12.0. The minimum Gasteiger partial charge on any atom is -0.305 e. The molecule has 1 unspecified atom stereocenters. The van der Waals surface area contributed by atoms with Gasteiger partial charge in [0.1, 0.15) is 0 Å². The van der Waals surface area contributed by atoms with Crippen LogP contribution in [0.5, 0.6) is 0 Å². The van der Waals surface area contributed by atoms with Gasteiger partial charge < -0.3 is 5.32 Å². The molecule has 1 heterocycles. The molecule has 0 aliphatic carbocycles. The summed E-state index contributed by atoms with van der Waals surface area (Å²) >= 11 is 0. The zero-order valence-electron chi connectivity index (χ0n) is 12.0. The predicted molar refractivity (Wildman–Crippen MR) is 74.6 cm³/mol. The molecule has 21 heavy (non-hydrogen) atoms. The third-order valence-corrected chi connectivity index (χ3v) is 3.29. The molecule has 114 valence electrons. The van der Waals surface area contributed by atoms with Crippen LogP contribution in [-0.2, 0) is 13.6 Å². The lowest BCUT2D eigenvalue weighted by molar-refractivity contribution is -0.140. The van der Waals surface area contributed by atoms with E-state index >= 15 is 0 Å². The summed E-state index contributed by atoms with van der Waals surface area (Å²) in [6.07, 6.45) is -3.29. The second kappa shape index (κ2) is 6.30. The van der Waals surface area contributed by atoms with E-state index in [2.05, 4.69) is 10.4 Å². The predicted octanol–water partition coefficient (Wildman–Crippen LogP) is 3.51. The van der Waals surface area contributed by atoms with E-state index in [0.717, 1.165) is 11.3 Å². The van der Waals surface area contributed by atoms with E-state index in [0.29, 0.717) is 12.1 Å². The van der Waals surface area contributed by atoms with Gasteiger partial charge >= 0.3 is 6.18 Å². The number of hydrogen-bond donors (Lipinski definition) is 1. The van der Waals surface area contributed by atoms with Crippen LogP contribution >= 0.6 is 0 Å². The molecule has 0 aliphatic rings. The average molecular weight is 297 g/mol. The largest absolute Gasteiger partial charge is 0.390 e. The summed E-state index contributed by atoms with van der Waals surface area (Å²) in [4.78, 5) is 0. The second-order valence-corrected chi connectivity index (χ2v) is 5.08. The van der Waals surface area contributed by atoms with Gasteiger partial charge in [0.05, 0.1) is 12.1 Å².